The Morgan fingerprint density at radius 3 is 2.74 bits per heavy atom. The Balaban J connectivity index is 2.13. The Hall–Kier alpha value is -2.17. The number of aromatic nitrogens is 2. The van der Waals surface area contributed by atoms with Crippen LogP contribution in [0.2, 0.25) is 0 Å². The van der Waals surface area contributed by atoms with Gasteiger partial charge in [-0.15, -0.1) is 0 Å². The number of aryl methyl sites for hydroxylation is 2. The predicted molar refractivity (Wildman–Crippen MR) is 70.3 cm³/mol. The van der Waals surface area contributed by atoms with Crippen LogP contribution in [0.5, 0.6) is 0 Å². The van der Waals surface area contributed by atoms with Crippen molar-refractivity contribution in [2.24, 2.45) is 0 Å². The zero-order valence-corrected chi connectivity index (χ0v) is 11.1. The van der Waals surface area contributed by atoms with Crippen molar-refractivity contribution in [2.75, 3.05) is 0 Å². The van der Waals surface area contributed by atoms with Gasteiger partial charge in [0.2, 0.25) is 0 Å². The largest absolute Gasteiger partial charge is 0.345 e. The quantitative estimate of drug-likeness (QED) is 0.892. The Kier molecular flexibility index (Phi) is 3.64. The predicted octanol–water partition coefficient (Wildman–Crippen LogP) is 2.66. The number of nitrogens with one attached hydrogen (secondary N) is 2. The first kappa shape index (κ1) is 13.3. The van der Waals surface area contributed by atoms with Gasteiger partial charge in [0.05, 0.1) is 17.8 Å². The van der Waals surface area contributed by atoms with E-state index >= 15 is 0 Å². The summed E-state index contributed by atoms with van der Waals surface area (Å²) >= 11 is 0. The Labute approximate surface area is 111 Å². The fourth-order valence-electron chi connectivity index (χ4n) is 1.82. The van der Waals surface area contributed by atoms with Crippen LogP contribution in [0.3, 0.4) is 0 Å². The first-order chi connectivity index (χ1) is 8.99. The van der Waals surface area contributed by atoms with Gasteiger partial charge in [-0.05, 0) is 38.0 Å². The lowest BCUT2D eigenvalue weighted by molar-refractivity contribution is 0.0939. The standard InChI is InChI=1S/C14H16FN3O/c1-8-4-5-11(6-13(8)15)9(2)17-14(19)12-7-16-18-10(12)3/h4-7,9H,1-3H3,(H,16,18)(H,17,19). The molecular weight excluding hydrogens is 245 g/mol. The monoisotopic (exact) mass is 261 g/mol. The van der Waals surface area contributed by atoms with Crippen molar-refractivity contribution in [1.29, 1.82) is 0 Å². The van der Waals surface area contributed by atoms with Gasteiger partial charge in [-0.3, -0.25) is 9.89 Å². The van der Waals surface area contributed by atoms with Crippen LogP contribution in [0.1, 0.15) is 40.1 Å². The fourth-order valence-corrected chi connectivity index (χ4v) is 1.82. The number of benzene rings is 1. The van der Waals surface area contributed by atoms with Gasteiger partial charge in [0, 0.05) is 5.69 Å². The van der Waals surface area contributed by atoms with E-state index in [1.54, 1.807) is 19.9 Å². The molecule has 1 heterocycles. The molecule has 0 saturated carbocycles. The second-order valence-electron chi connectivity index (χ2n) is 4.61. The van der Waals surface area contributed by atoms with Crippen molar-refractivity contribution in [1.82, 2.24) is 15.5 Å². The van der Waals surface area contributed by atoms with Crippen LogP contribution >= 0.6 is 0 Å². The van der Waals surface area contributed by atoms with Gasteiger partial charge in [-0.1, -0.05) is 12.1 Å². The van der Waals surface area contributed by atoms with E-state index in [0.717, 1.165) is 5.56 Å². The summed E-state index contributed by atoms with van der Waals surface area (Å²) in [6.45, 7) is 5.30. The lowest BCUT2D eigenvalue weighted by Crippen LogP contribution is -2.27. The first-order valence-electron chi connectivity index (χ1n) is 6.06. The van der Waals surface area contributed by atoms with Crippen LogP contribution in [0.15, 0.2) is 24.4 Å². The molecule has 0 aliphatic rings. The molecule has 2 N–H and O–H groups in total. The lowest BCUT2D eigenvalue weighted by Gasteiger charge is -2.14. The SMILES string of the molecule is Cc1ccc(C(C)NC(=O)c2cn[nH]c2C)cc1F. The molecule has 1 unspecified atom stereocenters. The van der Waals surface area contributed by atoms with Gasteiger partial charge in [0.1, 0.15) is 5.82 Å². The molecule has 0 spiro atoms. The minimum atomic E-state index is -0.267. The molecule has 2 aromatic rings. The van der Waals surface area contributed by atoms with Crippen LogP contribution in [-0.2, 0) is 0 Å². The highest BCUT2D eigenvalue weighted by atomic mass is 19.1. The number of aromatic amines is 1. The molecule has 1 atom stereocenters. The third kappa shape index (κ3) is 2.81. The molecule has 0 fully saturated rings. The van der Waals surface area contributed by atoms with Crippen molar-refractivity contribution < 1.29 is 9.18 Å². The van der Waals surface area contributed by atoms with Gasteiger partial charge < -0.3 is 5.32 Å². The molecule has 5 heteroatoms. The summed E-state index contributed by atoms with van der Waals surface area (Å²) in [6.07, 6.45) is 1.48. The average molecular weight is 261 g/mol. The second kappa shape index (κ2) is 5.22. The van der Waals surface area contributed by atoms with Gasteiger partial charge >= 0.3 is 0 Å². The van der Waals surface area contributed by atoms with E-state index in [4.69, 9.17) is 0 Å². The number of halogens is 1. The van der Waals surface area contributed by atoms with Crippen LogP contribution in [-0.4, -0.2) is 16.1 Å². The Morgan fingerprint density at radius 1 is 1.42 bits per heavy atom. The topological polar surface area (TPSA) is 57.8 Å². The Morgan fingerprint density at radius 2 is 2.16 bits per heavy atom. The first-order valence-corrected chi connectivity index (χ1v) is 6.06. The summed E-state index contributed by atoms with van der Waals surface area (Å²) < 4.78 is 13.5. The van der Waals surface area contributed by atoms with E-state index in [-0.39, 0.29) is 17.8 Å². The molecule has 2 rings (SSSR count). The third-order valence-corrected chi connectivity index (χ3v) is 3.12. The number of nitrogens with zero attached hydrogens (tertiary/aromatic N) is 1. The van der Waals surface area contributed by atoms with E-state index in [0.29, 0.717) is 16.8 Å². The molecule has 0 radical (unpaired) electrons. The molecule has 1 aromatic carbocycles. The maximum atomic E-state index is 13.5. The minimum Gasteiger partial charge on any atom is -0.345 e. The highest BCUT2D eigenvalue weighted by Crippen LogP contribution is 2.17. The van der Waals surface area contributed by atoms with Crippen LogP contribution in [0.4, 0.5) is 4.39 Å². The molecule has 0 aliphatic heterocycles. The van der Waals surface area contributed by atoms with Gasteiger partial charge in [0.25, 0.3) is 5.91 Å². The van der Waals surface area contributed by atoms with E-state index in [1.807, 2.05) is 13.0 Å². The molecule has 4 nitrogen and oxygen atoms in total. The van der Waals surface area contributed by atoms with Gasteiger partial charge in [0.15, 0.2) is 0 Å². The summed E-state index contributed by atoms with van der Waals surface area (Å²) in [5.74, 6) is -0.488. The normalized spacial score (nSPS) is 12.2. The molecule has 19 heavy (non-hydrogen) atoms. The second-order valence-corrected chi connectivity index (χ2v) is 4.61. The average Bonchev–Trinajstić information content (AvgIpc) is 2.79. The summed E-state index contributed by atoms with van der Waals surface area (Å²) in [7, 11) is 0. The zero-order valence-electron chi connectivity index (χ0n) is 11.1. The zero-order chi connectivity index (χ0) is 14.0. The van der Waals surface area contributed by atoms with Crippen molar-refractivity contribution in [3.8, 4) is 0 Å². The van der Waals surface area contributed by atoms with E-state index in [1.165, 1.54) is 12.3 Å². The fraction of sp³-hybridized carbons (Fsp3) is 0.286. The summed E-state index contributed by atoms with van der Waals surface area (Å²) in [6, 6.07) is 4.70. The van der Waals surface area contributed by atoms with Gasteiger partial charge in [-0.25, -0.2) is 4.39 Å². The van der Waals surface area contributed by atoms with Crippen LogP contribution < -0.4 is 5.32 Å². The highest BCUT2D eigenvalue weighted by Gasteiger charge is 2.15. The third-order valence-electron chi connectivity index (χ3n) is 3.12. The summed E-state index contributed by atoms with van der Waals surface area (Å²) in [5.41, 5.74) is 2.53. The summed E-state index contributed by atoms with van der Waals surface area (Å²) in [4.78, 5) is 12.0. The molecule has 0 saturated heterocycles. The van der Waals surface area contributed by atoms with Crippen LogP contribution in [0.25, 0.3) is 0 Å². The van der Waals surface area contributed by atoms with E-state index in [9.17, 15) is 9.18 Å². The number of amides is 1. The van der Waals surface area contributed by atoms with Crippen LogP contribution in [0, 0.1) is 19.7 Å². The van der Waals surface area contributed by atoms with Crippen molar-refractivity contribution in [3.05, 3.63) is 52.6 Å². The van der Waals surface area contributed by atoms with E-state index < -0.39 is 0 Å². The van der Waals surface area contributed by atoms with Crippen molar-refractivity contribution in [2.45, 2.75) is 26.8 Å². The van der Waals surface area contributed by atoms with Gasteiger partial charge in [-0.2, -0.15) is 5.10 Å². The number of hydrogen-bond acceptors (Lipinski definition) is 2. The molecule has 0 bridgehead atoms. The maximum Gasteiger partial charge on any atom is 0.255 e. The molecule has 1 aromatic heterocycles. The number of carbonyl (C=O) groups is 1. The lowest BCUT2D eigenvalue weighted by atomic mass is 10.1. The number of H-pyrrole nitrogens is 1. The minimum absolute atomic E-state index is 0.222. The van der Waals surface area contributed by atoms with Crippen molar-refractivity contribution in [3.63, 3.8) is 0 Å². The summed E-state index contributed by atoms with van der Waals surface area (Å²) in [5, 5.41) is 9.33. The molecule has 0 aliphatic carbocycles. The number of rotatable bonds is 3. The smallest absolute Gasteiger partial charge is 0.255 e. The molecule has 1 amide bonds. The molecule has 100 valence electrons. The Bertz CT molecular complexity index is 606. The highest BCUT2D eigenvalue weighted by molar-refractivity contribution is 5.95. The maximum absolute atomic E-state index is 13.5. The van der Waals surface area contributed by atoms with Crippen molar-refractivity contribution >= 4 is 5.91 Å². The van der Waals surface area contributed by atoms with E-state index in [2.05, 4.69) is 15.5 Å². The number of hydrogen-bond donors (Lipinski definition) is 2. The molecular formula is C14H16FN3O. The number of carbonyl (C=O) groups excluding carboxylic acids is 1.